The molecule has 0 spiro atoms. The normalized spacial score (nSPS) is 54.1. The van der Waals surface area contributed by atoms with Gasteiger partial charge >= 0.3 is 0 Å². The van der Waals surface area contributed by atoms with E-state index in [0.717, 1.165) is 11.8 Å². The topological polar surface area (TPSA) is 17.1 Å². The van der Waals surface area contributed by atoms with Gasteiger partial charge in [0, 0.05) is 6.42 Å². The van der Waals surface area contributed by atoms with E-state index in [1.807, 2.05) is 0 Å². The van der Waals surface area contributed by atoms with Gasteiger partial charge < -0.3 is 0 Å². The summed E-state index contributed by atoms with van der Waals surface area (Å²) in [7, 11) is 0. The third-order valence-corrected chi connectivity index (χ3v) is 5.10. The second-order valence-corrected chi connectivity index (χ2v) is 6.71. The van der Waals surface area contributed by atoms with Gasteiger partial charge in [-0.05, 0) is 66.4 Å². The van der Waals surface area contributed by atoms with Crippen molar-refractivity contribution in [2.45, 2.75) is 45.4 Å². The van der Waals surface area contributed by atoms with Gasteiger partial charge in [0.2, 0.25) is 5.24 Å². The molecule has 0 N–H and O–H groups in total. The average molecular weight is 213 g/mol. The molecule has 14 heavy (non-hydrogen) atoms. The lowest BCUT2D eigenvalue weighted by molar-refractivity contribution is -0.114. The monoisotopic (exact) mass is 212 g/mol. The molecule has 0 radical (unpaired) electrons. The maximum Gasteiger partial charge on any atom is 0.222 e. The molecule has 1 nitrogen and oxygen atoms in total. The Bertz CT molecular complexity index is 301. The van der Waals surface area contributed by atoms with Crippen LogP contribution in [0.1, 0.15) is 45.4 Å². The van der Waals surface area contributed by atoms with Gasteiger partial charge in [-0.15, -0.1) is 0 Å². The lowest BCUT2D eigenvalue weighted by Gasteiger charge is -2.38. The summed E-state index contributed by atoms with van der Waals surface area (Å²) in [6.07, 6.45) is 7.33. The molecular weight excluding hydrogens is 196 g/mol. The predicted octanol–water partition coefficient (Wildman–Crippen LogP) is 3.36. The van der Waals surface area contributed by atoms with Gasteiger partial charge in [-0.3, -0.25) is 4.79 Å². The van der Waals surface area contributed by atoms with Crippen molar-refractivity contribution in [1.82, 2.24) is 0 Å². The van der Waals surface area contributed by atoms with Crippen LogP contribution in [-0.2, 0) is 4.79 Å². The first-order chi connectivity index (χ1) is 6.51. The number of halogens is 1. The van der Waals surface area contributed by atoms with E-state index in [4.69, 9.17) is 11.6 Å². The van der Waals surface area contributed by atoms with Crippen LogP contribution in [0.25, 0.3) is 0 Å². The Morgan fingerprint density at radius 2 is 2.21 bits per heavy atom. The van der Waals surface area contributed by atoms with Gasteiger partial charge in [0.25, 0.3) is 0 Å². The van der Waals surface area contributed by atoms with Crippen LogP contribution in [0.3, 0.4) is 0 Å². The summed E-state index contributed by atoms with van der Waals surface area (Å²) in [5.41, 5.74) is 0.884. The molecular formula is C12H17ClO. The lowest BCUT2D eigenvalue weighted by Crippen LogP contribution is -2.28. The van der Waals surface area contributed by atoms with E-state index in [-0.39, 0.29) is 5.24 Å². The minimum atomic E-state index is -0.109. The van der Waals surface area contributed by atoms with Crippen LogP contribution in [0.5, 0.6) is 0 Å². The van der Waals surface area contributed by atoms with Crippen molar-refractivity contribution in [2.75, 3.05) is 0 Å². The number of rotatable bonds is 2. The van der Waals surface area contributed by atoms with Gasteiger partial charge in [0.1, 0.15) is 0 Å². The highest BCUT2D eigenvalue weighted by molar-refractivity contribution is 6.63. The average Bonchev–Trinajstić information content (AvgIpc) is 2.29. The third-order valence-electron chi connectivity index (χ3n) is 4.97. The van der Waals surface area contributed by atoms with Crippen molar-refractivity contribution < 1.29 is 4.79 Å². The van der Waals surface area contributed by atoms with Crippen molar-refractivity contribution >= 4 is 16.8 Å². The Morgan fingerprint density at radius 1 is 1.43 bits per heavy atom. The van der Waals surface area contributed by atoms with Crippen molar-refractivity contribution in [1.29, 1.82) is 0 Å². The van der Waals surface area contributed by atoms with E-state index in [0.29, 0.717) is 17.3 Å². The number of carbonyl (C=O) groups excluding carboxylic acids is 1. The highest BCUT2D eigenvalue weighted by atomic mass is 35.5. The Balaban J connectivity index is 1.92. The zero-order valence-electron chi connectivity index (χ0n) is 8.68. The molecule has 0 aromatic rings. The maximum absolute atomic E-state index is 11.1. The summed E-state index contributed by atoms with van der Waals surface area (Å²) in [6, 6.07) is 0. The molecule has 0 aromatic heterocycles. The van der Waals surface area contributed by atoms with Crippen LogP contribution >= 0.6 is 11.6 Å². The van der Waals surface area contributed by atoms with Crippen LogP contribution in [0.15, 0.2) is 0 Å². The SMILES string of the molecule is CC12CC3CC(C1)[C@](CC(=O)Cl)(C3)C2. The minimum Gasteiger partial charge on any atom is -0.281 e. The van der Waals surface area contributed by atoms with E-state index in [2.05, 4.69) is 6.92 Å². The Kier molecular flexibility index (Phi) is 1.68. The van der Waals surface area contributed by atoms with Gasteiger partial charge in [0.15, 0.2) is 0 Å². The molecule has 4 aliphatic carbocycles. The summed E-state index contributed by atoms with van der Waals surface area (Å²) in [4.78, 5) is 11.1. The molecule has 3 unspecified atom stereocenters. The van der Waals surface area contributed by atoms with Crippen LogP contribution in [0, 0.1) is 22.7 Å². The molecule has 4 saturated carbocycles. The zero-order chi connectivity index (χ0) is 9.97. The van der Waals surface area contributed by atoms with Crippen LogP contribution in [-0.4, -0.2) is 5.24 Å². The minimum absolute atomic E-state index is 0.109. The van der Waals surface area contributed by atoms with Gasteiger partial charge in [-0.1, -0.05) is 6.92 Å². The first-order valence-electron chi connectivity index (χ1n) is 5.70. The second-order valence-electron chi connectivity index (χ2n) is 6.29. The first kappa shape index (κ1) is 9.21. The van der Waals surface area contributed by atoms with Gasteiger partial charge in [-0.25, -0.2) is 0 Å². The molecule has 0 saturated heterocycles. The fourth-order valence-electron chi connectivity index (χ4n) is 5.07. The predicted molar refractivity (Wildman–Crippen MR) is 56.1 cm³/mol. The van der Waals surface area contributed by atoms with E-state index in [1.165, 1.54) is 32.1 Å². The van der Waals surface area contributed by atoms with Crippen LogP contribution in [0.2, 0.25) is 0 Å². The molecule has 4 aliphatic rings. The van der Waals surface area contributed by atoms with Gasteiger partial charge in [0.05, 0.1) is 0 Å². The molecule has 0 amide bonds. The van der Waals surface area contributed by atoms with Gasteiger partial charge in [-0.2, -0.15) is 0 Å². The summed E-state index contributed by atoms with van der Waals surface area (Å²) in [5.74, 6) is 1.72. The maximum atomic E-state index is 11.1. The molecule has 2 heteroatoms. The Hall–Kier alpha value is -0.0400. The molecule has 4 bridgehead atoms. The summed E-state index contributed by atoms with van der Waals surface area (Å²) >= 11 is 5.59. The van der Waals surface area contributed by atoms with Crippen LogP contribution < -0.4 is 0 Å². The number of hydrogen-bond donors (Lipinski definition) is 0. The molecule has 78 valence electrons. The van der Waals surface area contributed by atoms with E-state index < -0.39 is 0 Å². The molecule has 4 rings (SSSR count). The van der Waals surface area contributed by atoms with E-state index >= 15 is 0 Å². The molecule has 0 heterocycles. The third kappa shape index (κ3) is 1.11. The molecule has 4 fully saturated rings. The van der Waals surface area contributed by atoms with Crippen molar-refractivity contribution in [3.63, 3.8) is 0 Å². The second kappa shape index (κ2) is 2.55. The molecule has 0 aromatic carbocycles. The van der Waals surface area contributed by atoms with E-state index in [9.17, 15) is 4.79 Å². The zero-order valence-corrected chi connectivity index (χ0v) is 9.44. The summed E-state index contributed by atoms with van der Waals surface area (Å²) in [5, 5.41) is -0.109. The highest BCUT2D eigenvalue weighted by Gasteiger charge is 2.62. The number of carbonyl (C=O) groups is 1. The quantitative estimate of drug-likeness (QED) is 0.642. The highest BCUT2D eigenvalue weighted by Crippen LogP contribution is 2.71. The molecule has 0 aliphatic heterocycles. The fraction of sp³-hybridized carbons (Fsp3) is 0.917. The van der Waals surface area contributed by atoms with Crippen molar-refractivity contribution in [3.05, 3.63) is 0 Å². The summed E-state index contributed by atoms with van der Waals surface area (Å²) < 4.78 is 0. The number of hydrogen-bond acceptors (Lipinski definition) is 1. The smallest absolute Gasteiger partial charge is 0.222 e. The Morgan fingerprint density at radius 3 is 2.86 bits per heavy atom. The summed E-state index contributed by atoms with van der Waals surface area (Å²) in [6.45, 7) is 2.41. The van der Waals surface area contributed by atoms with E-state index in [1.54, 1.807) is 0 Å². The fourth-order valence-corrected chi connectivity index (χ4v) is 5.34. The lowest BCUT2D eigenvalue weighted by atomic mass is 9.67. The standard InChI is InChI=1S/C12H17ClO/c1-11-3-8-2-9(5-11)12(4-8,7-11)6-10(13)14/h8-9H,2-7H2,1H3/t8?,9?,11?,12-/m0/s1. The van der Waals surface area contributed by atoms with Crippen molar-refractivity contribution in [2.24, 2.45) is 22.7 Å². The first-order valence-corrected chi connectivity index (χ1v) is 6.08. The van der Waals surface area contributed by atoms with Crippen molar-refractivity contribution in [3.8, 4) is 0 Å². The Labute approximate surface area is 90.2 Å². The largest absolute Gasteiger partial charge is 0.281 e. The van der Waals surface area contributed by atoms with Crippen LogP contribution in [0.4, 0.5) is 0 Å². The molecule has 4 atom stereocenters.